The van der Waals surface area contributed by atoms with Crippen molar-refractivity contribution in [2.75, 3.05) is 13.1 Å². The zero-order chi connectivity index (χ0) is 18.6. The van der Waals surface area contributed by atoms with Gasteiger partial charge in [-0.3, -0.25) is 14.4 Å². The van der Waals surface area contributed by atoms with Gasteiger partial charge in [0.2, 0.25) is 11.8 Å². The van der Waals surface area contributed by atoms with Crippen molar-refractivity contribution in [3.05, 3.63) is 35.4 Å². The molecule has 0 bridgehead atoms. The summed E-state index contributed by atoms with van der Waals surface area (Å²) in [7, 11) is 0. The van der Waals surface area contributed by atoms with E-state index in [-0.39, 0.29) is 37.2 Å². The summed E-state index contributed by atoms with van der Waals surface area (Å²) in [5, 5.41) is 8.86. The van der Waals surface area contributed by atoms with Crippen LogP contribution in [0, 0.1) is 12.8 Å². The van der Waals surface area contributed by atoms with E-state index in [1.165, 1.54) is 0 Å². The number of carbonyl (C=O) groups excluding carboxylic acids is 2. The second-order valence-corrected chi connectivity index (χ2v) is 6.93. The Morgan fingerprint density at radius 1 is 1.28 bits per heavy atom. The van der Waals surface area contributed by atoms with Crippen LogP contribution in [0.25, 0.3) is 0 Å². The van der Waals surface area contributed by atoms with E-state index < -0.39 is 11.9 Å². The Hall–Kier alpha value is -2.37. The Bertz CT molecular complexity index is 639. The SMILES string of the molecule is Cc1ccc(CN2CC(C(=O)N(CCC(=O)O)C(C)C)CC2=O)cc1. The van der Waals surface area contributed by atoms with E-state index in [1.54, 1.807) is 9.80 Å². The first-order chi connectivity index (χ1) is 11.8. The molecule has 6 heteroatoms. The summed E-state index contributed by atoms with van der Waals surface area (Å²) >= 11 is 0. The van der Waals surface area contributed by atoms with E-state index in [2.05, 4.69) is 0 Å². The predicted octanol–water partition coefficient (Wildman–Crippen LogP) is 2.06. The lowest BCUT2D eigenvalue weighted by Gasteiger charge is -2.28. The third-order valence-corrected chi connectivity index (χ3v) is 4.53. The lowest BCUT2D eigenvalue weighted by atomic mass is 10.1. The molecule has 1 aliphatic heterocycles. The molecule has 1 saturated heterocycles. The average Bonchev–Trinajstić information content (AvgIpc) is 2.90. The van der Waals surface area contributed by atoms with Gasteiger partial charge >= 0.3 is 5.97 Å². The minimum Gasteiger partial charge on any atom is -0.481 e. The summed E-state index contributed by atoms with van der Waals surface area (Å²) in [6.07, 6.45) is 0.110. The van der Waals surface area contributed by atoms with E-state index in [4.69, 9.17) is 5.11 Å². The van der Waals surface area contributed by atoms with Crippen LogP contribution in [-0.2, 0) is 20.9 Å². The lowest BCUT2D eigenvalue weighted by molar-refractivity contribution is -0.141. The van der Waals surface area contributed by atoms with Gasteiger partial charge in [0.25, 0.3) is 0 Å². The molecule has 0 aliphatic carbocycles. The number of benzene rings is 1. The maximum absolute atomic E-state index is 12.7. The number of aryl methyl sites for hydroxylation is 1. The topological polar surface area (TPSA) is 77.9 Å². The van der Waals surface area contributed by atoms with Gasteiger partial charge in [-0.05, 0) is 26.3 Å². The van der Waals surface area contributed by atoms with Crippen molar-refractivity contribution >= 4 is 17.8 Å². The third-order valence-electron chi connectivity index (χ3n) is 4.53. The monoisotopic (exact) mass is 346 g/mol. The smallest absolute Gasteiger partial charge is 0.305 e. The van der Waals surface area contributed by atoms with E-state index in [9.17, 15) is 14.4 Å². The first kappa shape index (κ1) is 19.0. The molecule has 1 atom stereocenters. The summed E-state index contributed by atoms with van der Waals surface area (Å²) < 4.78 is 0. The standard InChI is InChI=1S/C19H26N2O4/c1-13(2)21(9-8-18(23)24)19(25)16-10-17(22)20(12-16)11-15-6-4-14(3)5-7-15/h4-7,13,16H,8-12H2,1-3H3,(H,23,24). The zero-order valence-electron chi connectivity index (χ0n) is 15.1. The predicted molar refractivity (Wildman–Crippen MR) is 93.8 cm³/mol. The quantitative estimate of drug-likeness (QED) is 0.820. The minimum atomic E-state index is -0.929. The maximum atomic E-state index is 12.7. The zero-order valence-corrected chi connectivity index (χ0v) is 15.1. The number of hydrogen-bond donors (Lipinski definition) is 1. The van der Waals surface area contributed by atoms with Crippen molar-refractivity contribution in [2.24, 2.45) is 5.92 Å². The van der Waals surface area contributed by atoms with Crippen LogP contribution in [0.3, 0.4) is 0 Å². The van der Waals surface area contributed by atoms with Gasteiger partial charge in [-0.1, -0.05) is 29.8 Å². The average molecular weight is 346 g/mol. The Kier molecular flexibility index (Phi) is 6.17. The Morgan fingerprint density at radius 3 is 2.48 bits per heavy atom. The molecular weight excluding hydrogens is 320 g/mol. The molecule has 136 valence electrons. The number of carbonyl (C=O) groups is 3. The molecule has 1 N–H and O–H groups in total. The van der Waals surface area contributed by atoms with Crippen LogP contribution in [0.15, 0.2) is 24.3 Å². The van der Waals surface area contributed by atoms with Crippen LogP contribution in [0.4, 0.5) is 0 Å². The van der Waals surface area contributed by atoms with Crippen LogP contribution in [0.1, 0.15) is 37.8 Å². The van der Waals surface area contributed by atoms with Gasteiger partial charge in [0.05, 0.1) is 12.3 Å². The molecule has 2 amide bonds. The van der Waals surface area contributed by atoms with Crippen LogP contribution >= 0.6 is 0 Å². The normalized spacial score (nSPS) is 17.2. The van der Waals surface area contributed by atoms with E-state index in [0.29, 0.717) is 13.1 Å². The maximum Gasteiger partial charge on any atom is 0.305 e. The largest absolute Gasteiger partial charge is 0.481 e. The van der Waals surface area contributed by atoms with Gasteiger partial charge in [0.15, 0.2) is 0 Å². The van der Waals surface area contributed by atoms with Gasteiger partial charge in [0, 0.05) is 32.1 Å². The second-order valence-electron chi connectivity index (χ2n) is 6.93. The fraction of sp³-hybridized carbons (Fsp3) is 0.526. The van der Waals surface area contributed by atoms with Gasteiger partial charge in [0.1, 0.15) is 0 Å². The molecule has 0 saturated carbocycles. The number of amides is 2. The number of carboxylic acids is 1. The summed E-state index contributed by atoms with van der Waals surface area (Å²) in [5.74, 6) is -1.48. The van der Waals surface area contributed by atoms with Gasteiger partial charge in [-0.25, -0.2) is 0 Å². The highest BCUT2D eigenvalue weighted by atomic mass is 16.4. The summed E-state index contributed by atoms with van der Waals surface area (Å²) in [4.78, 5) is 39.1. The molecule has 0 aromatic heterocycles. The molecule has 1 unspecified atom stereocenters. The highest BCUT2D eigenvalue weighted by Gasteiger charge is 2.37. The fourth-order valence-corrected chi connectivity index (χ4v) is 3.08. The molecule has 1 aliphatic rings. The summed E-state index contributed by atoms with van der Waals surface area (Å²) in [5.41, 5.74) is 2.20. The Morgan fingerprint density at radius 2 is 1.92 bits per heavy atom. The first-order valence-corrected chi connectivity index (χ1v) is 8.63. The van der Waals surface area contributed by atoms with Crippen molar-refractivity contribution in [3.8, 4) is 0 Å². The number of nitrogens with zero attached hydrogens (tertiary/aromatic N) is 2. The molecule has 1 aromatic carbocycles. The van der Waals surface area contributed by atoms with Crippen LogP contribution in [0.5, 0.6) is 0 Å². The molecule has 6 nitrogen and oxygen atoms in total. The number of aliphatic carboxylic acids is 1. The molecule has 2 rings (SSSR count). The molecule has 1 aromatic rings. The summed E-state index contributed by atoms with van der Waals surface area (Å²) in [6, 6.07) is 7.90. The van der Waals surface area contributed by atoms with Crippen molar-refractivity contribution in [3.63, 3.8) is 0 Å². The first-order valence-electron chi connectivity index (χ1n) is 8.63. The molecule has 25 heavy (non-hydrogen) atoms. The molecule has 0 spiro atoms. The van der Waals surface area contributed by atoms with E-state index in [0.717, 1.165) is 11.1 Å². The van der Waals surface area contributed by atoms with Crippen molar-refractivity contribution in [1.82, 2.24) is 9.80 Å². The number of likely N-dealkylation sites (tertiary alicyclic amines) is 1. The molecule has 1 heterocycles. The second kappa shape index (κ2) is 8.14. The Labute approximate surface area is 148 Å². The van der Waals surface area contributed by atoms with Crippen LogP contribution in [-0.4, -0.2) is 51.8 Å². The van der Waals surface area contributed by atoms with Crippen molar-refractivity contribution < 1.29 is 19.5 Å². The molecule has 1 fully saturated rings. The van der Waals surface area contributed by atoms with Crippen LogP contribution in [0.2, 0.25) is 0 Å². The highest BCUT2D eigenvalue weighted by Crippen LogP contribution is 2.23. The number of carboxylic acid groups (broad SMARTS) is 1. The molecule has 0 radical (unpaired) electrons. The summed E-state index contributed by atoms with van der Waals surface area (Å²) in [6.45, 7) is 6.80. The van der Waals surface area contributed by atoms with Crippen LogP contribution < -0.4 is 0 Å². The fourth-order valence-electron chi connectivity index (χ4n) is 3.08. The van der Waals surface area contributed by atoms with E-state index in [1.807, 2.05) is 45.0 Å². The third kappa shape index (κ3) is 5.05. The molecular formula is C19H26N2O4. The van der Waals surface area contributed by atoms with Gasteiger partial charge in [-0.15, -0.1) is 0 Å². The number of hydrogen-bond acceptors (Lipinski definition) is 3. The highest BCUT2D eigenvalue weighted by molar-refractivity contribution is 5.89. The minimum absolute atomic E-state index is 0.0270. The van der Waals surface area contributed by atoms with E-state index >= 15 is 0 Å². The lowest BCUT2D eigenvalue weighted by Crippen LogP contribution is -2.42. The van der Waals surface area contributed by atoms with Crippen molar-refractivity contribution in [2.45, 2.75) is 46.2 Å². The number of rotatable bonds is 7. The Balaban J connectivity index is 2.00. The van der Waals surface area contributed by atoms with Gasteiger partial charge < -0.3 is 14.9 Å². The van der Waals surface area contributed by atoms with Crippen molar-refractivity contribution in [1.29, 1.82) is 0 Å². The van der Waals surface area contributed by atoms with Gasteiger partial charge in [-0.2, -0.15) is 0 Å².